The molecule has 25 heavy (non-hydrogen) atoms. The molecule has 0 spiro atoms. The molecule has 4 rings (SSSR count). The van der Waals surface area contributed by atoms with Crippen molar-refractivity contribution in [2.45, 2.75) is 6.04 Å². The summed E-state index contributed by atoms with van der Waals surface area (Å²) in [5.74, 6) is 1.37. The lowest BCUT2D eigenvalue weighted by atomic mass is 10.1. The maximum Gasteiger partial charge on any atom is 0.255 e. The normalized spacial score (nSPS) is 27.9. The molecule has 0 unspecified atom stereocenters. The van der Waals surface area contributed by atoms with Gasteiger partial charge in [-0.2, -0.15) is 0 Å². The smallest absolute Gasteiger partial charge is 0.255 e. The van der Waals surface area contributed by atoms with Crippen molar-refractivity contribution in [1.82, 2.24) is 14.8 Å². The van der Waals surface area contributed by atoms with Crippen molar-refractivity contribution in [3.8, 4) is 0 Å². The molecule has 0 aliphatic carbocycles. The number of anilines is 1. The minimum atomic E-state index is 0.0771. The van der Waals surface area contributed by atoms with E-state index in [1.54, 1.807) is 6.20 Å². The van der Waals surface area contributed by atoms with E-state index in [0.29, 0.717) is 18.1 Å². The molecule has 3 aliphatic heterocycles. The zero-order valence-corrected chi connectivity index (χ0v) is 14.8. The van der Waals surface area contributed by atoms with Gasteiger partial charge in [0.05, 0.1) is 38.0 Å². The van der Waals surface area contributed by atoms with Crippen LogP contribution in [0.15, 0.2) is 18.3 Å². The van der Waals surface area contributed by atoms with E-state index in [4.69, 9.17) is 9.47 Å². The zero-order chi connectivity index (χ0) is 17.2. The van der Waals surface area contributed by atoms with Crippen LogP contribution in [0.5, 0.6) is 0 Å². The second-order valence-electron chi connectivity index (χ2n) is 7.21. The molecule has 7 nitrogen and oxygen atoms in total. The Labute approximate surface area is 148 Å². The molecule has 4 heterocycles. The average Bonchev–Trinajstić information content (AvgIpc) is 2.90. The Kier molecular flexibility index (Phi) is 4.87. The Hall–Kier alpha value is -1.70. The standard InChI is InChI=1S/C18H26N4O3/c1-20-9-14-10-22(11-16(20)13-25-12-14)18(23)15-2-3-17(19-8-15)21-4-6-24-7-5-21/h2-3,8,14,16H,4-7,9-13H2,1H3/t14-,16+/m1/s1. The third kappa shape index (κ3) is 3.63. The molecule has 3 saturated heterocycles. The molecule has 0 saturated carbocycles. The van der Waals surface area contributed by atoms with Crippen molar-refractivity contribution in [2.24, 2.45) is 5.92 Å². The van der Waals surface area contributed by atoms with Gasteiger partial charge in [0.2, 0.25) is 0 Å². The summed E-state index contributed by atoms with van der Waals surface area (Å²) in [5, 5.41) is 0. The summed E-state index contributed by atoms with van der Waals surface area (Å²) in [4.78, 5) is 24.0. The Morgan fingerprint density at radius 1 is 1.12 bits per heavy atom. The summed E-state index contributed by atoms with van der Waals surface area (Å²) in [7, 11) is 2.12. The molecule has 2 bridgehead atoms. The highest BCUT2D eigenvalue weighted by molar-refractivity contribution is 5.94. The minimum absolute atomic E-state index is 0.0771. The number of hydrogen-bond donors (Lipinski definition) is 0. The predicted octanol–water partition coefficient (Wildman–Crippen LogP) is 0.321. The third-order valence-corrected chi connectivity index (χ3v) is 5.36. The molecule has 1 amide bonds. The number of ether oxygens (including phenoxy) is 2. The molecular weight excluding hydrogens is 320 g/mol. The van der Waals surface area contributed by atoms with E-state index in [9.17, 15) is 4.79 Å². The Morgan fingerprint density at radius 3 is 2.72 bits per heavy atom. The van der Waals surface area contributed by atoms with Crippen LogP contribution in [0.4, 0.5) is 5.82 Å². The van der Waals surface area contributed by atoms with Crippen molar-refractivity contribution in [1.29, 1.82) is 0 Å². The van der Waals surface area contributed by atoms with Crippen molar-refractivity contribution >= 4 is 11.7 Å². The topological polar surface area (TPSA) is 58.1 Å². The number of carbonyl (C=O) groups is 1. The molecule has 0 radical (unpaired) electrons. The van der Waals surface area contributed by atoms with Crippen molar-refractivity contribution < 1.29 is 14.3 Å². The number of aromatic nitrogens is 1. The van der Waals surface area contributed by atoms with Crippen molar-refractivity contribution in [3.05, 3.63) is 23.9 Å². The minimum Gasteiger partial charge on any atom is -0.379 e. The highest BCUT2D eigenvalue weighted by Crippen LogP contribution is 2.20. The number of amides is 1. The number of fused-ring (bicyclic) bond motifs is 3. The van der Waals surface area contributed by atoms with Crippen LogP contribution in [-0.4, -0.2) is 92.9 Å². The van der Waals surface area contributed by atoms with Gasteiger partial charge in [-0.3, -0.25) is 9.69 Å². The number of rotatable bonds is 2. The molecule has 0 aromatic carbocycles. The predicted molar refractivity (Wildman–Crippen MR) is 93.9 cm³/mol. The lowest BCUT2D eigenvalue weighted by Gasteiger charge is -2.30. The SMILES string of the molecule is CN1C[C@H]2COC[C@@H]1CN(C(=O)c1ccc(N3CCOCC3)nc1)C2. The van der Waals surface area contributed by atoms with Crippen LogP contribution >= 0.6 is 0 Å². The van der Waals surface area contributed by atoms with E-state index >= 15 is 0 Å². The lowest BCUT2D eigenvalue weighted by molar-refractivity contribution is 0.0433. The molecule has 0 N–H and O–H groups in total. The van der Waals surface area contributed by atoms with Crippen LogP contribution < -0.4 is 4.90 Å². The lowest BCUT2D eigenvalue weighted by Crippen LogP contribution is -2.44. The Balaban J connectivity index is 1.46. The molecule has 2 atom stereocenters. The summed E-state index contributed by atoms with van der Waals surface area (Å²) in [6.07, 6.45) is 1.72. The van der Waals surface area contributed by atoms with Gasteiger partial charge in [-0.1, -0.05) is 0 Å². The van der Waals surface area contributed by atoms with Gasteiger partial charge in [-0.15, -0.1) is 0 Å². The molecule has 3 fully saturated rings. The van der Waals surface area contributed by atoms with Crippen LogP contribution in [-0.2, 0) is 9.47 Å². The van der Waals surface area contributed by atoms with Gasteiger partial charge in [-0.25, -0.2) is 4.98 Å². The summed E-state index contributed by atoms with van der Waals surface area (Å²) in [6, 6.07) is 4.13. The van der Waals surface area contributed by atoms with Gasteiger partial charge in [-0.05, 0) is 19.2 Å². The second-order valence-corrected chi connectivity index (χ2v) is 7.21. The van der Waals surface area contributed by atoms with E-state index in [1.807, 2.05) is 17.0 Å². The number of nitrogens with zero attached hydrogens (tertiary/aromatic N) is 4. The van der Waals surface area contributed by atoms with E-state index in [-0.39, 0.29) is 11.9 Å². The fourth-order valence-corrected chi connectivity index (χ4v) is 3.89. The number of carbonyl (C=O) groups excluding carboxylic acids is 1. The highest BCUT2D eigenvalue weighted by atomic mass is 16.5. The molecule has 136 valence electrons. The maximum absolute atomic E-state index is 13.0. The summed E-state index contributed by atoms with van der Waals surface area (Å²) in [5.41, 5.74) is 0.667. The Bertz CT molecular complexity index is 603. The second kappa shape index (κ2) is 7.27. The largest absolute Gasteiger partial charge is 0.379 e. The van der Waals surface area contributed by atoms with Gasteiger partial charge < -0.3 is 19.3 Å². The number of hydrogen-bond acceptors (Lipinski definition) is 6. The number of pyridine rings is 1. The fourth-order valence-electron chi connectivity index (χ4n) is 3.89. The molecular formula is C18H26N4O3. The quantitative estimate of drug-likeness (QED) is 0.769. The average molecular weight is 346 g/mol. The van der Waals surface area contributed by atoms with Crippen LogP contribution in [0.3, 0.4) is 0 Å². The van der Waals surface area contributed by atoms with Gasteiger partial charge in [0.15, 0.2) is 0 Å². The summed E-state index contributed by atoms with van der Waals surface area (Å²) >= 11 is 0. The van der Waals surface area contributed by atoms with Crippen LogP contribution in [0.2, 0.25) is 0 Å². The molecule has 3 aliphatic rings. The van der Waals surface area contributed by atoms with Crippen LogP contribution in [0.25, 0.3) is 0 Å². The van der Waals surface area contributed by atoms with E-state index in [2.05, 4.69) is 21.8 Å². The highest BCUT2D eigenvalue weighted by Gasteiger charge is 2.33. The van der Waals surface area contributed by atoms with Gasteiger partial charge in [0.25, 0.3) is 5.91 Å². The van der Waals surface area contributed by atoms with Gasteiger partial charge >= 0.3 is 0 Å². The van der Waals surface area contributed by atoms with Crippen LogP contribution in [0, 0.1) is 5.92 Å². The molecule has 1 aromatic heterocycles. The van der Waals surface area contributed by atoms with E-state index in [1.165, 1.54) is 0 Å². The van der Waals surface area contributed by atoms with E-state index < -0.39 is 0 Å². The molecule has 1 aromatic rings. The number of likely N-dealkylation sites (N-methyl/N-ethyl adjacent to an activating group) is 1. The van der Waals surface area contributed by atoms with Gasteiger partial charge in [0.1, 0.15) is 5.82 Å². The first-order valence-electron chi connectivity index (χ1n) is 9.06. The van der Waals surface area contributed by atoms with Crippen molar-refractivity contribution in [2.75, 3.05) is 71.1 Å². The first-order chi connectivity index (χ1) is 12.2. The first-order valence-corrected chi connectivity index (χ1v) is 9.06. The fraction of sp³-hybridized carbons (Fsp3) is 0.667. The van der Waals surface area contributed by atoms with E-state index in [0.717, 1.165) is 58.4 Å². The zero-order valence-electron chi connectivity index (χ0n) is 14.8. The van der Waals surface area contributed by atoms with Gasteiger partial charge in [0, 0.05) is 44.8 Å². The monoisotopic (exact) mass is 346 g/mol. The number of morpholine rings is 1. The Morgan fingerprint density at radius 2 is 1.96 bits per heavy atom. The summed E-state index contributed by atoms with van der Waals surface area (Å²) in [6.45, 7) is 7.06. The van der Waals surface area contributed by atoms with Crippen molar-refractivity contribution in [3.63, 3.8) is 0 Å². The maximum atomic E-state index is 13.0. The first kappa shape index (κ1) is 16.8. The summed E-state index contributed by atoms with van der Waals surface area (Å²) < 4.78 is 11.1. The molecule has 7 heteroatoms. The van der Waals surface area contributed by atoms with Crippen LogP contribution in [0.1, 0.15) is 10.4 Å². The third-order valence-electron chi connectivity index (χ3n) is 5.36.